The molecular weight excluding hydrogens is 301 g/mol. The van der Waals surface area contributed by atoms with Crippen molar-refractivity contribution in [2.24, 2.45) is 5.92 Å². The molecule has 1 rings (SSSR count). The number of allylic oxidation sites excluding steroid dienone is 3. The van der Waals surface area contributed by atoms with Crippen molar-refractivity contribution in [2.45, 2.75) is 50.8 Å². The maximum atomic E-state index is 14.2. The van der Waals surface area contributed by atoms with Crippen LogP contribution >= 0.6 is 11.6 Å². The molecule has 0 spiro atoms. The number of nitrogens with one attached hydrogen (secondary N) is 1. The molecule has 0 radical (unpaired) electrons. The minimum atomic E-state index is -1.40. The van der Waals surface area contributed by atoms with Gasteiger partial charge >= 0.3 is 0 Å². The lowest BCUT2D eigenvalue weighted by Gasteiger charge is -2.39. The summed E-state index contributed by atoms with van der Waals surface area (Å²) >= 11 is 4.42. The molecule has 0 bridgehead atoms. The van der Waals surface area contributed by atoms with Crippen LogP contribution in [0, 0.1) is 5.92 Å². The minimum Gasteiger partial charge on any atom is -0.598 e. The first-order valence-electron chi connectivity index (χ1n) is 6.47. The van der Waals surface area contributed by atoms with Gasteiger partial charge in [0, 0.05) is 23.7 Å². The van der Waals surface area contributed by atoms with E-state index in [1.807, 2.05) is 20.8 Å². The van der Waals surface area contributed by atoms with E-state index >= 15 is 0 Å². The van der Waals surface area contributed by atoms with E-state index in [-0.39, 0.29) is 11.5 Å². The van der Waals surface area contributed by atoms with Gasteiger partial charge in [-0.15, -0.1) is 4.72 Å². The van der Waals surface area contributed by atoms with Crippen LogP contribution in [0.25, 0.3) is 0 Å². The van der Waals surface area contributed by atoms with Crippen LogP contribution in [0.4, 0.5) is 4.39 Å². The first-order chi connectivity index (χ1) is 9.12. The monoisotopic (exact) mass is 321 g/mol. The van der Waals surface area contributed by atoms with Crippen LogP contribution in [0.2, 0.25) is 0 Å². The number of carbonyl (C=O) groups is 1. The number of aldehydes is 1. The second-order valence-corrected chi connectivity index (χ2v) is 8.53. The second-order valence-electron chi connectivity index (χ2n) is 6.16. The quantitative estimate of drug-likeness (QED) is 0.624. The fourth-order valence-electron chi connectivity index (χ4n) is 1.99. The Morgan fingerprint density at radius 2 is 2.15 bits per heavy atom. The zero-order valence-corrected chi connectivity index (χ0v) is 13.8. The van der Waals surface area contributed by atoms with Gasteiger partial charge in [0.05, 0.1) is 10.6 Å². The Morgan fingerprint density at radius 1 is 1.55 bits per heavy atom. The molecule has 6 heteroatoms. The molecule has 1 N–H and O–H groups in total. The topological polar surface area (TPSA) is 52.2 Å². The number of hydrogen-bond acceptors (Lipinski definition) is 3. The maximum Gasteiger partial charge on any atom is 0.136 e. The number of halogens is 2. The average Bonchev–Trinajstić information content (AvgIpc) is 2.31. The second kappa shape index (κ2) is 6.60. The summed E-state index contributed by atoms with van der Waals surface area (Å²) in [6.45, 7) is 7.16. The van der Waals surface area contributed by atoms with E-state index < -0.39 is 33.4 Å². The van der Waals surface area contributed by atoms with E-state index in [9.17, 15) is 13.7 Å². The van der Waals surface area contributed by atoms with Crippen molar-refractivity contribution in [3.8, 4) is 0 Å². The lowest BCUT2D eigenvalue weighted by atomic mass is 9.79. The summed E-state index contributed by atoms with van der Waals surface area (Å²) in [5.41, 5.74) is -0.936. The first kappa shape index (κ1) is 17.7. The Labute approximate surface area is 128 Å². The molecule has 1 unspecified atom stereocenters. The summed E-state index contributed by atoms with van der Waals surface area (Å²) in [4.78, 5) is 11.0. The molecule has 20 heavy (non-hydrogen) atoms. The van der Waals surface area contributed by atoms with Crippen molar-refractivity contribution in [3.63, 3.8) is 0 Å². The number of hydrogen-bond donors (Lipinski definition) is 1. The van der Waals surface area contributed by atoms with Gasteiger partial charge in [-0.25, -0.2) is 4.39 Å². The molecular formula is C14H21ClFNO2S. The Balaban J connectivity index is 3.03. The molecule has 1 aliphatic rings. The largest absolute Gasteiger partial charge is 0.598 e. The Bertz CT molecular complexity index is 433. The van der Waals surface area contributed by atoms with E-state index in [4.69, 9.17) is 11.6 Å². The summed E-state index contributed by atoms with van der Waals surface area (Å²) < 4.78 is 29.0. The van der Waals surface area contributed by atoms with E-state index in [1.165, 1.54) is 6.08 Å². The SMILES string of the molecule is CC(C)(C)[S@@+]([O-])N[C@@](C)(CC=O)C1CC=CC(Cl)=C1F. The van der Waals surface area contributed by atoms with Crippen molar-refractivity contribution in [2.75, 3.05) is 0 Å². The first-order valence-corrected chi connectivity index (χ1v) is 7.99. The van der Waals surface area contributed by atoms with E-state index in [0.29, 0.717) is 12.7 Å². The van der Waals surface area contributed by atoms with Gasteiger partial charge in [0.25, 0.3) is 0 Å². The summed E-state index contributed by atoms with van der Waals surface area (Å²) in [6.07, 6.45) is 4.47. The molecule has 0 aromatic rings. The fraction of sp³-hybridized carbons (Fsp3) is 0.643. The highest BCUT2D eigenvalue weighted by molar-refractivity contribution is 7.90. The van der Waals surface area contributed by atoms with Gasteiger partial charge in [0.2, 0.25) is 0 Å². The van der Waals surface area contributed by atoms with E-state index in [1.54, 1.807) is 13.0 Å². The molecule has 3 nitrogen and oxygen atoms in total. The van der Waals surface area contributed by atoms with Crippen LogP contribution in [0.15, 0.2) is 23.0 Å². The summed E-state index contributed by atoms with van der Waals surface area (Å²) in [5.74, 6) is -1.06. The van der Waals surface area contributed by atoms with Gasteiger partial charge in [-0.3, -0.25) is 0 Å². The molecule has 0 saturated carbocycles. The molecule has 0 aliphatic heterocycles. The normalized spacial score (nSPS) is 24.4. The average molecular weight is 322 g/mol. The zero-order valence-electron chi connectivity index (χ0n) is 12.2. The molecule has 0 aromatic heterocycles. The van der Waals surface area contributed by atoms with Gasteiger partial charge < -0.3 is 9.35 Å². The van der Waals surface area contributed by atoms with Crippen LogP contribution in [-0.2, 0) is 16.2 Å². The smallest absolute Gasteiger partial charge is 0.136 e. The zero-order chi connectivity index (χ0) is 15.6. The Morgan fingerprint density at radius 3 is 2.65 bits per heavy atom. The van der Waals surface area contributed by atoms with Gasteiger partial charge in [-0.2, -0.15) is 0 Å². The standard InChI is InChI=1S/C14H21ClFNO2S/c1-13(2,3)20(19)17-14(4,8-9-18)10-6-5-7-11(15)12(10)16/h5,7,9-10,17H,6,8H2,1-4H3/t10?,14-,20+/m0/s1. The van der Waals surface area contributed by atoms with Gasteiger partial charge in [0.1, 0.15) is 16.9 Å². The molecule has 0 heterocycles. The fourth-order valence-corrected chi connectivity index (χ4v) is 3.17. The molecule has 0 saturated heterocycles. The molecule has 3 atom stereocenters. The van der Waals surface area contributed by atoms with Crippen molar-refractivity contribution in [1.82, 2.24) is 4.72 Å². The van der Waals surface area contributed by atoms with E-state index in [2.05, 4.69) is 4.72 Å². The predicted octanol–water partition coefficient (Wildman–Crippen LogP) is 3.38. The van der Waals surface area contributed by atoms with Crippen LogP contribution in [0.5, 0.6) is 0 Å². The summed E-state index contributed by atoms with van der Waals surface area (Å²) in [5, 5.41) is 0.0433. The lowest BCUT2D eigenvalue weighted by molar-refractivity contribution is -0.109. The molecule has 0 aromatic carbocycles. The molecule has 0 fully saturated rings. The van der Waals surface area contributed by atoms with Crippen molar-refractivity contribution in [3.05, 3.63) is 23.0 Å². The minimum absolute atomic E-state index is 0.0433. The molecule has 1 aliphatic carbocycles. The highest BCUT2D eigenvalue weighted by atomic mass is 35.5. The van der Waals surface area contributed by atoms with Crippen LogP contribution in [-0.4, -0.2) is 21.1 Å². The van der Waals surface area contributed by atoms with Crippen molar-refractivity contribution >= 4 is 29.2 Å². The third kappa shape index (κ3) is 4.07. The van der Waals surface area contributed by atoms with Crippen LogP contribution in [0.3, 0.4) is 0 Å². The summed E-state index contributed by atoms with van der Waals surface area (Å²) in [7, 11) is 0. The summed E-state index contributed by atoms with van der Waals surface area (Å²) in [6, 6.07) is 0. The van der Waals surface area contributed by atoms with Crippen molar-refractivity contribution < 1.29 is 13.7 Å². The predicted molar refractivity (Wildman–Crippen MR) is 81.4 cm³/mol. The highest BCUT2D eigenvalue weighted by Gasteiger charge is 2.44. The Hall–Kier alpha value is -0.360. The van der Waals surface area contributed by atoms with Gasteiger partial charge in [0.15, 0.2) is 0 Å². The maximum absolute atomic E-state index is 14.2. The van der Waals surface area contributed by atoms with Crippen LogP contribution in [0.1, 0.15) is 40.5 Å². The third-order valence-electron chi connectivity index (χ3n) is 3.33. The van der Waals surface area contributed by atoms with E-state index in [0.717, 1.165) is 0 Å². The Kier molecular flexibility index (Phi) is 5.84. The number of carbonyl (C=O) groups excluding carboxylic acids is 1. The lowest BCUT2D eigenvalue weighted by Crippen LogP contribution is -2.56. The van der Waals surface area contributed by atoms with Gasteiger partial charge in [-0.1, -0.05) is 17.7 Å². The van der Waals surface area contributed by atoms with Crippen LogP contribution < -0.4 is 4.72 Å². The third-order valence-corrected chi connectivity index (χ3v) is 5.40. The van der Waals surface area contributed by atoms with Crippen molar-refractivity contribution in [1.29, 1.82) is 0 Å². The molecule has 114 valence electrons. The number of rotatable bonds is 5. The highest BCUT2D eigenvalue weighted by Crippen LogP contribution is 2.38. The van der Waals surface area contributed by atoms with Gasteiger partial charge in [-0.05, 0) is 40.2 Å². The molecule has 0 amide bonds.